The van der Waals surface area contributed by atoms with Crippen LogP contribution in [0.4, 0.5) is 5.69 Å². The summed E-state index contributed by atoms with van der Waals surface area (Å²) in [7, 11) is 0. The highest BCUT2D eigenvalue weighted by Crippen LogP contribution is 2.33. The maximum absolute atomic E-state index is 13.0. The Hall–Kier alpha value is -2.62. The Balaban J connectivity index is 2.21. The van der Waals surface area contributed by atoms with Gasteiger partial charge in [0.1, 0.15) is 0 Å². The Morgan fingerprint density at radius 1 is 0.958 bits per heavy atom. The SMILES string of the molecule is CCC(CC)(C(=O)Nc1ccc(CC(=O)O)cc1)c1ccccc1. The van der Waals surface area contributed by atoms with Crippen LogP contribution >= 0.6 is 0 Å². The number of amides is 1. The van der Waals surface area contributed by atoms with E-state index in [1.54, 1.807) is 24.3 Å². The largest absolute Gasteiger partial charge is 0.481 e. The highest BCUT2D eigenvalue weighted by atomic mass is 16.4. The molecular weight excluding hydrogens is 302 g/mol. The van der Waals surface area contributed by atoms with E-state index in [2.05, 4.69) is 5.32 Å². The van der Waals surface area contributed by atoms with E-state index in [1.807, 2.05) is 44.2 Å². The van der Waals surface area contributed by atoms with Crippen molar-refractivity contribution in [2.75, 3.05) is 5.32 Å². The van der Waals surface area contributed by atoms with Gasteiger partial charge in [0.05, 0.1) is 11.8 Å². The second-order valence-corrected chi connectivity index (χ2v) is 5.88. The van der Waals surface area contributed by atoms with Crippen LogP contribution in [0.3, 0.4) is 0 Å². The highest BCUT2D eigenvalue weighted by molar-refractivity contribution is 5.99. The normalized spacial score (nSPS) is 11.1. The van der Waals surface area contributed by atoms with E-state index in [0.717, 1.165) is 5.56 Å². The summed E-state index contributed by atoms with van der Waals surface area (Å²) in [5.41, 5.74) is 1.83. The lowest BCUT2D eigenvalue weighted by Crippen LogP contribution is -2.39. The fourth-order valence-electron chi connectivity index (χ4n) is 3.00. The molecule has 0 aromatic heterocycles. The van der Waals surface area contributed by atoms with E-state index >= 15 is 0 Å². The van der Waals surface area contributed by atoms with Crippen LogP contribution in [-0.4, -0.2) is 17.0 Å². The van der Waals surface area contributed by atoms with Gasteiger partial charge in [-0.1, -0.05) is 56.3 Å². The van der Waals surface area contributed by atoms with Crippen molar-refractivity contribution in [3.63, 3.8) is 0 Å². The van der Waals surface area contributed by atoms with Crippen LogP contribution in [0.1, 0.15) is 37.8 Å². The number of hydrogen-bond donors (Lipinski definition) is 2. The van der Waals surface area contributed by atoms with Crippen LogP contribution in [0.5, 0.6) is 0 Å². The van der Waals surface area contributed by atoms with Gasteiger partial charge < -0.3 is 10.4 Å². The first-order valence-corrected chi connectivity index (χ1v) is 8.19. The summed E-state index contributed by atoms with van der Waals surface area (Å²) in [4.78, 5) is 23.7. The molecule has 4 heteroatoms. The summed E-state index contributed by atoms with van der Waals surface area (Å²) in [6.45, 7) is 4.04. The van der Waals surface area contributed by atoms with Gasteiger partial charge in [0.2, 0.25) is 5.91 Å². The molecule has 4 nitrogen and oxygen atoms in total. The van der Waals surface area contributed by atoms with E-state index in [1.165, 1.54) is 0 Å². The Bertz CT molecular complexity index is 689. The van der Waals surface area contributed by atoms with E-state index in [0.29, 0.717) is 24.1 Å². The van der Waals surface area contributed by atoms with Crippen molar-refractivity contribution >= 4 is 17.6 Å². The molecule has 0 unspecified atom stereocenters. The first-order chi connectivity index (χ1) is 11.5. The molecule has 2 aromatic rings. The summed E-state index contributed by atoms with van der Waals surface area (Å²) in [6, 6.07) is 16.8. The average molecular weight is 325 g/mol. The molecule has 0 aliphatic heterocycles. The third-order valence-electron chi connectivity index (χ3n) is 4.54. The van der Waals surface area contributed by atoms with Crippen LogP contribution in [-0.2, 0) is 21.4 Å². The van der Waals surface area contributed by atoms with E-state index in [9.17, 15) is 9.59 Å². The van der Waals surface area contributed by atoms with Gasteiger partial charge in [-0.2, -0.15) is 0 Å². The zero-order valence-corrected chi connectivity index (χ0v) is 14.1. The number of hydrogen-bond acceptors (Lipinski definition) is 2. The summed E-state index contributed by atoms with van der Waals surface area (Å²) in [5.74, 6) is -0.906. The zero-order valence-electron chi connectivity index (χ0n) is 14.1. The number of carboxylic acids is 1. The highest BCUT2D eigenvalue weighted by Gasteiger charge is 2.36. The molecule has 0 saturated carbocycles. The molecule has 2 N–H and O–H groups in total. The molecule has 0 atom stereocenters. The van der Waals surface area contributed by atoms with Gasteiger partial charge in [-0.3, -0.25) is 9.59 Å². The molecule has 2 aromatic carbocycles. The van der Waals surface area contributed by atoms with Gasteiger partial charge in [-0.05, 0) is 36.1 Å². The molecular formula is C20H23NO3. The number of nitrogens with one attached hydrogen (secondary N) is 1. The molecule has 0 aliphatic rings. The number of carbonyl (C=O) groups is 2. The number of benzene rings is 2. The molecule has 24 heavy (non-hydrogen) atoms. The van der Waals surface area contributed by atoms with Crippen molar-refractivity contribution in [1.29, 1.82) is 0 Å². The maximum Gasteiger partial charge on any atom is 0.307 e. The van der Waals surface area contributed by atoms with Crippen molar-refractivity contribution in [3.05, 3.63) is 65.7 Å². The van der Waals surface area contributed by atoms with Crippen molar-refractivity contribution in [1.82, 2.24) is 0 Å². The van der Waals surface area contributed by atoms with E-state index in [4.69, 9.17) is 5.11 Å². The summed E-state index contributed by atoms with van der Waals surface area (Å²) < 4.78 is 0. The fraction of sp³-hybridized carbons (Fsp3) is 0.300. The Morgan fingerprint density at radius 3 is 2.04 bits per heavy atom. The molecule has 0 radical (unpaired) electrons. The Kier molecular flexibility index (Phi) is 5.74. The molecule has 0 aliphatic carbocycles. The van der Waals surface area contributed by atoms with Gasteiger partial charge in [-0.15, -0.1) is 0 Å². The molecule has 2 rings (SSSR count). The third kappa shape index (κ3) is 3.82. The minimum atomic E-state index is -0.869. The van der Waals surface area contributed by atoms with Crippen LogP contribution in [0.25, 0.3) is 0 Å². The first kappa shape index (κ1) is 17.7. The summed E-state index contributed by atoms with van der Waals surface area (Å²) >= 11 is 0. The smallest absolute Gasteiger partial charge is 0.307 e. The van der Waals surface area contributed by atoms with Crippen LogP contribution in [0.2, 0.25) is 0 Å². The van der Waals surface area contributed by atoms with Gasteiger partial charge in [0, 0.05) is 5.69 Å². The maximum atomic E-state index is 13.0. The summed E-state index contributed by atoms with van der Waals surface area (Å²) in [6.07, 6.45) is 1.39. The second-order valence-electron chi connectivity index (χ2n) is 5.88. The fourth-order valence-corrected chi connectivity index (χ4v) is 3.00. The molecule has 0 saturated heterocycles. The molecule has 0 heterocycles. The van der Waals surface area contributed by atoms with Crippen molar-refractivity contribution in [2.45, 2.75) is 38.5 Å². The van der Waals surface area contributed by atoms with Crippen LogP contribution in [0, 0.1) is 0 Å². The summed E-state index contributed by atoms with van der Waals surface area (Å²) in [5, 5.41) is 11.8. The van der Waals surface area contributed by atoms with Gasteiger partial charge in [0.25, 0.3) is 0 Å². The quantitative estimate of drug-likeness (QED) is 0.808. The van der Waals surface area contributed by atoms with Gasteiger partial charge >= 0.3 is 5.97 Å². The van der Waals surface area contributed by atoms with Crippen molar-refractivity contribution in [3.8, 4) is 0 Å². The predicted octanol–water partition coefficient (Wildman–Crippen LogP) is 4.01. The number of carboxylic acid groups (broad SMARTS) is 1. The topological polar surface area (TPSA) is 66.4 Å². The standard InChI is InChI=1S/C20H23NO3/c1-3-20(4-2,16-8-6-5-7-9-16)19(24)21-17-12-10-15(11-13-17)14-18(22)23/h5-13H,3-4,14H2,1-2H3,(H,21,24)(H,22,23). The minimum Gasteiger partial charge on any atom is -0.481 e. The zero-order chi connectivity index (χ0) is 17.6. The van der Waals surface area contributed by atoms with Gasteiger partial charge in [0.15, 0.2) is 0 Å². The minimum absolute atomic E-state index is 0.0217. The monoisotopic (exact) mass is 325 g/mol. The van der Waals surface area contributed by atoms with Gasteiger partial charge in [-0.25, -0.2) is 0 Å². The van der Waals surface area contributed by atoms with Crippen LogP contribution < -0.4 is 5.32 Å². The van der Waals surface area contributed by atoms with Crippen LogP contribution in [0.15, 0.2) is 54.6 Å². The Morgan fingerprint density at radius 2 is 1.54 bits per heavy atom. The molecule has 126 valence electrons. The number of rotatable bonds is 7. The molecule has 0 bridgehead atoms. The second kappa shape index (κ2) is 7.77. The molecule has 0 fully saturated rings. The van der Waals surface area contributed by atoms with Crippen molar-refractivity contribution < 1.29 is 14.7 Å². The first-order valence-electron chi connectivity index (χ1n) is 8.19. The lowest BCUT2D eigenvalue weighted by atomic mass is 9.75. The average Bonchev–Trinajstić information content (AvgIpc) is 2.59. The third-order valence-corrected chi connectivity index (χ3v) is 4.54. The molecule has 1 amide bonds. The predicted molar refractivity (Wildman–Crippen MR) is 95.1 cm³/mol. The molecule has 0 spiro atoms. The lowest BCUT2D eigenvalue weighted by molar-refractivity contribution is -0.136. The lowest BCUT2D eigenvalue weighted by Gasteiger charge is -2.31. The number of anilines is 1. The van der Waals surface area contributed by atoms with E-state index in [-0.39, 0.29) is 12.3 Å². The number of aliphatic carboxylic acids is 1. The van der Waals surface area contributed by atoms with E-state index < -0.39 is 11.4 Å². The van der Waals surface area contributed by atoms with Crippen molar-refractivity contribution in [2.24, 2.45) is 0 Å². The number of carbonyl (C=O) groups excluding carboxylic acids is 1. The Labute approximate surface area is 142 Å².